The van der Waals surface area contributed by atoms with E-state index in [2.05, 4.69) is 6.92 Å². The molecule has 0 spiro atoms. The van der Waals surface area contributed by atoms with Crippen LogP contribution in [0.4, 0.5) is 0 Å². The molecule has 2 aliphatic rings. The van der Waals surface area contributed by atoms with Crippen LogP contribution in [0.3, 0.4) is 0 Å². The van der Waals surface area contributed by atoms with Gasteiger partial charge in [0.2, 0.25) is 0 Å². The summed E-state index contributed by atoms with van der Waals surface area (Å²) in [5, 5.41) is 10.1. The number of aliphatic hydroxyl groups excluding tert-OH is 1. The number of ether oxygens (including phenoxy) is 1. The molecule has 0 radical (unpaired) electrons. The zero-order chi connectivity index (χ0) is 11.1. The maximum atomic E-state index is 10.1. The zero-order valence-electron chi connectivity index (χ0n) is 9.60. The molecular formula is C14H18O2. The lowest BCUT2D eigenvalue weighted by Crippen LogP contribution is -2.02. The summed E-state index contributed by atoms with van der Waals surface area (Å²) in [6, 6.07) is 7.94. The van der Waals surface area contributed by atoms with Gasteiger partial charge in [0.1, 0.15) is 5.75 Å². The minimum absolute atomic E-state index is 0.308. The van der Waals surface area contributed by atoms with E-state index in [1.807, 2.05) is 24.3 Å². The molecule has 2 heteroatoms. The Balaban J connectivity index is 1.73. The van der Waals surface area contributed by atoms with Crippen molar-refractivity contribution in [1.29, 1.82) is 0 Å². The van der Waals surface area contributed by atoms with Gasteiger partial charge >= 0.3 is 0 Å². The second-order valence-corrected chi connectivity index (χ2v) is 5.21. The second-order valence-electron chi connectivity index (χ2n) is 5.21. The Morgan fingerprint density at radius 1 is 1.38 bits per heavy atom. The van der Waals surface area contributed by atoms with Gasteiger partial charge in [-0.15, -0.1) is 0 Å². The van der Waals surface area contributed by atoms with Crippen molar-refractivity contribution in [1.82, 2.24) is 0 Å². The van der Waals surface area contributed by atoms with Gasteiger partial charge < -0.3 is 9.84 Å². The Labute approximate surface area is 96.2 Å². The van der Waals surface area contributed by atoms with E-state index in [0.29, 0.717) is 17.9 Å². The molecule has 1 aromatic carbocycles. The maximum Gasteiger partial charge on any atom is 0.120 e. The lowest BCUT2D eigenvalue weighted by Gasteiger charge is -2.12. The summed E-state index contributed by atoms with van der Waals surface area (Å²) in [5.41, 5.74) is 1.01. The molecule has 1 aromatic rings. The predicted molar refractivity (Wildman–Crippen MR) is 62.3 cm³/mol. The Bertz CT molecular complexity index is 384. The highest BCUT2D eigenvalue weighted by molar-refractivity contribution is 5.31. The monoisotopic (exact) mass is 218 g/mol. The van der Waals surface area contributed by atoms with Crippen molar-refractivity contribution in [2.45, 2.75) is 38.4 Å². The standard InChI is InChI=1S/C14H18O2/c1-9-7-13(9)14(15)10-3-2-4-12(8-10)16-11-5-6-11/h2-4,8-9,11,13-15H,5-7H2,1H3. The van der Waals surface area contributed by atoms with E-state index in [1.165, 1.54) is 12.8 Å². The molecule has 0 amide bonds. The maximum absolute atomic E-state index is 10.1. The van der Waals surface area contributed by atoms with E-state index in [1.54, 1.807) is 0 Å². The fourth-order valence-corrected chi connectivity index (χ4v) is 2.19. The van der Waals surface area contributed by atoms with E-state index in [0.717, 1.165) is 17.7 Å². The molecule has 2 aliphatic carbocycles. The molecule has 0 aliphatic heterocycles. The van der Waals surface area contributed by atoms with Crippen molar-refractivity contribution in [3.05, 3.63) is 29.8 Å². The number of hydrogen-bond donors (Lipinski definition) is 1. The fraction of sp³-hybridized carbons (Fsp3) is 0.571. The van der Waals surface area contributed by atoms with Gasteiger partial charge in [-0.05, 0) is 48.8 Å². The minimum Gasteiger partial charge on any atom is -0.490 e. The summed E-state index contributed by atoms with van der Waals surface area (Å²) in [6.45, 7) is 2.19. The fourth-order valence-electron chi connectivity index (χ4n) is 2.19. The third-order valence-corrected chi connectivity index (χ3v) is 3.60. The average Bonchev–Trinajstić information content (AvgIpc) is 3.17. The first kappa shape index (κ1) is 10.2. The molecular weight excluding hydrogens is 200 g/mol. The predicted octanol–water partition coefficient (Wildman–Crippen LogP) is 2.92. The van der Waals surface area contributed by atoms with Crippen molar-refractivity contribution in [3.63, 3.8) is 0 Å². The van der Waals surface area contributed by atoms with Crippen molar-refractivity contribution in [2.75, 3.05) is 0 Å². The van der Waals surface area contributed by atoms with Gasteiger partial charge in [0.25, 0.3) is 0 Å². The summed E-state index contributed by atoms with van der Waals surface area (Å²) < 4.78 is 5.73. The molecule has 2 nitrogen and oxygen atoms in total. The van der Waals surface area contributed by atoms with Crippen LogP contribution in [0.25, 0.3) is 0 Å². The molecule has 3 atom stereocenters. The SMILES string of the molecule is CC1CC1C(O)c1cccc(OC2CC2)c1. The van der Waals surface area contributed by atoms with Crippen LogP contribution in [0.5, 0.6) is 5.75 Å². The summed E-state index contributed by atoms with van der Waals surface area (Å²) in [5.74, 6) is 2.03. The Morgan fingerprint density at radius 2 is 2.12 bits per heavy atom. The first-order chi connectivity index (χ1) is 7.74. The first-order valence-electron chi connectivity index (χ1n) is 6.19. The molecule has 1 N–H and O–H groups in total. The Hall–Kier alpha value is -1.02. The van der Waals surface area contributed by atoms with Gasteiger partial charge in [0.05, 0.1) is 12.2 Å². The summed E-state index contributed by atoms with van der Waals surface area (Å²) in [4.78, 5) is 0. The van der Waals surface area contributed by atoms with E-state index < -0.39 is 0 Å². The molecule has 2 saturated carbocycles. The van der Waals surface area contributed by atoms with Crippen LogP contribution in [-0.2, 0) is 0 Å². The highest BCUT2D eigenvalue weighted by atomic mass is 16.5. The number of hydrogen-bond acceptors (Lipinski definition) is 2. The molecule has 86 valence electrons. The molecule has 3 rings (SSSR count). The van der Waals surface area contributed by atoms with Crippen molar-refractivity contribution in [3.8, 4) is 5.75 Å². The van der Waals surface area contributed by atoms with Crippen LogP contribution in [0.2, 0.25) is 0 Å². The molecule has 16 heavy (non-hydrogen) atoms. The highest BCUT2D eigenvalue weighted by Crippen LogP contribution is 2.47. The Kier molecular flexibility index (Phi) is 2.40. The molecule has 0 aromatic heterocycles. The Morgan fingerprint density at radius 3 is 2.75 bits per heavy atom. The number of rotatable bonds is 4. The normalized spacial score (nSPS) is 29.9. The lowest BCUT2D eigenvalue weighted by molar-refractivity contribution is 0.147. The highest BCUT2D eigenvalue weighted by Gasteiger charge is 2.39. The van der Waals surface area contributed by atoms with Gasteiger partial charge in [-0.1, -0.05) is 19.1 Å². The zero-order valence-corrected chi connectivity index (χ0v) is 9.60. The third kappa shape index (κ3) is 2.07. The average molecular weight is 218 g/mol. The first-order valence-corrected chi connectivity index (χ1v) is 6.19. The van der Waals surface area contributed by atoms with E-state index >= 15 is 0 Å². The third-order valence-electron chi connectivity index (χ3n) is 3.60. The van der Waals surface area contributed by atoms with Gasteiger partial charge in [-0.25, -0.2) is 0 Å². The van der Waals surface area contributed by atoms with Crippen LogP contribution in [0.1, 0.15) is 37.9 Å². The van der Waals surface area contributed by atoms with Gasteiger partial charge in [0.15, 0.2) is 0 Å². The topological polar surface area (TPSA) is 29.5 Å². The molecule has 0 heterocycles. The molecule has 0 bridgehead atoms. The smallest absolute Gasteiger partial charge is 0.120 e. The minimum atomic E-state index is -0.308. The van der Waals surface area contributed by atoms with E-state index in [-0.39, 0.29) is 6.10 Å². The molecule has 0 saturated heterocycles. The number of aliphatic hydroxyl groups is 1. The van der Waals surface area contributed by atoms with Crippen molar-refractivity contribution in [2.24, 2.45) is 11.8 Å². The quantitative estimate of drug-likeness (QED) is 0.842. The van der Waals surface area contributed by atoms with Crippen LogP contribution in [-0.4, -0.2) is 11.2 Å². The van der Waals surface area contributed by atoms with Crippen LogP contribution < -0.4 is 4.74 Å². The summed E-state index contributed by atoms with van der Waals surface area (Å²) in [6.07, 6.45) is 3.61. The summed E-state index contributed by atoms with van der Waals surface area (Å²) >= 11 is 0. The van der Waals surface area contributed by atoms with Gasteiger partial charge in [-0.2, -0.15) is 0 Å². The molecule has 3 unspecified atom stereocenters. The number of benzene rings is 1. The van der Waals surface area contributed by atoms with Crippen molar-refractivity contribution >= 4 is 0 Å². The molecule has 2 fully saturated rings. The second kappa shape index (κ2) is 3.77. The van der Waals surface area contributed by atoms with Crippen LogP contribution in [0.15, 0.2) is 24.3 Å². The summed E-state index contributed by atoms with van der Waals surface area (Å²) in [7, 11) is 0. The van der Waals surface area contributed by atoms with E-state index in [9.17, 15) is 5.11 Å². The largest absolute Gasteiger partial charge is 0.490 e. The lowest BCUT2D eigenvalue weighted by atomic mass is 10.0. The van der Waals surface area contributed by atoms with Gasteiger partial charge in [0, 0.05) is 0 Å². The van der Waals surface area contributed by atoms with E-state index in [4.69, 9.17) is 4.74 Å². The van der Waals surface area contributed by atoms with Crippen molar-refractivity contribution < 1.29 is 9.84 Å². The van der Waals surface area contributed by atoms with Crippen LogP contribution in [0, 0.1) is 11.8 Å². The van der Waals surface area contributed by atoms with Crippen LogP contribution >= 0.6 is 0 Å². The van der Waals surface area contributed by atoms with Gasteiger partial charge in [-0.3, -0.25) is 0 Å².